The van der Waals surface area contributed by atoms with Crippen molar-refractivity contribution in [3.8, 4) is 10.6 Å². The summed E-state index contributed by atoms with van der Waals surface area (Å²) < 4.78 is 0. The molecule has 1 aromatic carbocycles. The Morgan fingerprint density at radius 1 is 1.33 bits per heavy atom. The summed E-state index contributed by atoms with van der Waals surface area (Å²) in [5, 5.41) is 11.5. The summed E-state index contributed by atoms with van der Waals surface area (Å²) in [6, 6.07) is 6.26. The molecule has 0 atom stereocenters. The van der Waals surface area contributed by atoms with E-state index in [2.05, 4.69) is 37.0 Å². The van der Waals surface area contributed by atoms with Crippen molar-refractivity contribution < 1.29 is 9.90 Å². The van der Waals surface area contributed by atoms with Gasteiger partial charge in [-0.05, 0) is 31.0 Å². The number of aliphatic carboxylic acids is 1. The Morgan fingerprint density at radius 2 is 2.11 bits per heavy atom. The predicted octanol–water partition coefficient (Wildman–Crippen LogP) is 3.44. The zero-order chi connectivity index (χ0) is 13.1. The van der Waals surface area contributed by atoms with Gasteiger partial charge < -0.3 is 5.11 Å². The van der Waals surface area contributed by atoms with E-state index in [1.807, 2.05) is 5.38 Å². The predicted molar refractivity (Wildman–Crippen MR) is 73.0 cm³/mol. The van der Waals surface area contributed by atoms with Gasteiger partial charge in [-0.3, -0.25) is 4.79 Å². The molecule has 0 aliphatic rings. The van der Waals surface area contributed by atoms with Crippen LogP contribution < -0.4 is 0 Å². The molecule has 0 fully saturated rings. The second-order valence-electron chi connectivity index (χ2n) is 4.34. The summed E-state index contributed by atoms with van der Waals surface area (Å²) in [7, 11) is 0. The second-order valence-corrected chi connectivity index (χ2v) is 5.19. The van der Waals surface area contributed by atoms with Crippen molar-refractivity contribution in [3.63, 3.8) is 0 Å². The number of aromatic nitrogens is 1. The minimum Gasteiger partial charge on any atom is -0.481 e. The molecule has 1 N–H and O–H groups in total. The van der Waals surface area contributed by atoms with E-state index in [0.29, 0.717) is 6.42 Å². The van der Waals surface area contributed by atoms with Gasteiger partial charge in [0, 0.05) is 17.4 Å². The average molecular weight is 261 g/mol. The number of aryl methyl sites for hydroxylation is 3. The third kappa shape index (κ3) is 2.96. The maximum atomic E-state index is 10.5. The SMILES string of the molecule is Cc1ccc(-c2nc(CCC(=O)O)cs2)cc1C. The first kappa shape index (κ1) is 12.8. The standard InChI is InChI=1S/C14H15NO2S/c1-9-3-4-11(7-10(9)2)14-15-12(8-18-14)5-6-13(16)17/h3-4,7-8H,5-6H2,1-2H3,(H,16,17). The van der Waals surface area contributed by atoms with Gasteiger partial charge in [0.05, 0.1) is 12.1 Å². The van der Waals surface area contributed by atoms with Crippen LogP contribution >= 0.6 is 11.3 Å². The van der Waals surface area contributed by atoms with Crippen LogP contribution in [0.15, 0.2) is 23.6 Å². The van der Waals surface area contributed by atoms with E-state index in [1.54, 1.807) is 11.3 Å². The minimum absolute atomic E-state index is 0.135. The van der Waals surface area contributed by atoms with Gasteiger partial charge in [-0.2, -0.15) is 0 Å². The van der Waals surface area contributed by atoms with Crippen LogP contribution in [0.5, 0.6) is 0 Å². The summed E-state index contributed by atoms with van der Waals surface area (Å²) in [6.45, 7) is 4.16. The van der Waals surface area contributed by atoms with Crippen LogP contribution in [0.4, 0.5) is 0 Å². The molecule has 4 heteroatoms. The van der Waals surface area contributed by atoms with Gasteiger partial charge in [-0.15, -0.1) is 11.3 Å². The molecule has 0 spiro atoms. The van der Waals surface area contributed by atoms with Crippen molar-refractivity contribution in [3.05, 3.63) is 40.4 Å². The normalized spacial score (nSPS) is 10.6. The monoisotopic (exact) mass is 261 g/mol. The van der Waals surface area contributed by atoms with E-state index in [9.17, 15) is 4.79 Å². The highest BCUT2D eigenvalue weighted by Gasteiger charge is 2.07. The third-order valence-corrected chi connectivity index (χ3v) is 3.84. The van der Waals surface area contributed by atoms with Crippen molar-refractivity contribution in [2.45, 2.75) is 26.7 Å². The lowest BCUT2D eigenvalue weighted by Gasteiger charge is -2.02. The molecule has 2 rings (SSSR count). The highest BCUT2D eigenvalue weighted by molar-refractivity contribution is 7.13. The lowest BCUT2D eigenvalue weighted by molar-refractivity contribution is -0.136. The van der Waals surface area contributed by atoms with Crippen molar-refractivity contribution in [1.29, 1.82) is 0 Å². The first-order chi connectivity index (χ1) is 8.56. The van der Waals surface area contributed by atoms with Gasteiger partial charge in [-0.25, -0.2) is 4.98 Å². The number of hydrogen-bond acceptors (Lipinski definition) is 3. The number of hydrogen-bond donors (Lipinski definition) is 1. The Hall–Kier alpha value is -1.68. The maximum Gasteiger partial charge on any atom is 0.303 e. The fraction of sp³-hybridized carbons (Fsp3) is 0.286. The minimum atomic E-state index is -0.782. The van der Waals surface area contributed by atoms with Crippen LogP contribution in [0.25, 0.3) is 10.6 Å². The number of nitrogens with zero attached hydrogens (tertiary/aromatic N) is 1. The van der Waals surface area contributed by atoms with Gasteiger partial charge in [0.2, 0.25) is 0 Å². The van der Waals surface area contributed by atoms with Crippen LogP contribution in [0, 0.1) is 13.8 Å². The summed E-state index contributed by atoms with van der Waals surface area (Å²) >= 11 is 1.56. The molecule has 94 valence electrons. The summed E-state index contributed by atoms with van der Waals surface area (Å²) in [5.41, 5.74) is 4.47. The molecule has 1 aromatic heterocycles. The number of carboxylic acid groups (broad SMARTS) is 1. The van der Waals surface area contributed by atoms with Crippen molar-refractivity contribution >= 4 is 17.3 Å². The summed E-state index contributed by atoms with van der Waals surface area (Å²) in [4.78, 5) is 15.0. The molecule has 0 amide bonds. The molecule has 2 aromatic rings. The third-order valence-electron chi connectivity index (χ3n) is 2.90. The Morgan fingerprint density at radius 3 is 2.78 bits per heavy atom. The van der Waals surface area contributed by atoms with Crippen LogP contribution in [-0.2, 0) is 11.2 Å². The largest absolute Gasteiger partial charge is 0.481 e. The van der Waals surface area contributed by atoms with E-state index < -0.39 is 5.97 Å². The van der Waals surface area contributed by atoms with Crippen LogP contribution in [0.3, 0.4) is 0 Å². The number of carbonyl (C=O) groups is 1. The zero-order valence-corrected chi connectivity index (χ0v) is 11.3. The lowest BCUT2D eigenvalue weighted by atomic mass is 10.1. The number of carboxylic acids is 1. The number of rotatable bonds is 4. The highest BCUT2D eigenvalue weighted by atomic mass is 32.1. The zero-order valence-electron chi connectivity index (χ0n) is 10.4. The molecular weight excluding hydrogens is 246 g/mol. The topological polar surface area (TPSA) is 50.2 Å². The summed E-state index contributed by atoms with van der Waals surface area (Å²) in [5.74, 6) is -0.782. The lowest BCUT2D eigenvalue weighted by Crippen LogP contribution is -1.97. The quantitative estimate of drug-likeness (QED) is 0.917. The van der Waals surface area contributed by atoms with E-state index in [1.165, 1.54) is 11.1 Å². The molecule has 0 saturated carbocycles. The van der Waals surface area contributed by atoms with Crippen LogP contribution in [0.2, 0.25) is 0 Å². The molecule has 18 heavy (non-hydrogen) atoms. The Labute approximate surface area is 110 Å². The van der Waals surface area contributed by atoms with Gasteiger partial charge in [0.25, 0.3) is 0 Å². The molecule has 0 saturated heterocycles. The Balaban J connectivity index is 2.18. The summed E-state index contributed by atoms with van der Waals surface area (Å²) in [6.07, 6.45) is 0.632. The van der Waals surface area contributed by atoms with Gasteiger partial charge >= 0.3 is 5.97 Å². The highest BCUT2D eigenvalue weighted by Crippen LogP contribution is 2.26. The van der Waals surface area contributed by atoms with Crippen LogP contribution in [-0.4, -0.2) is 16.1 Å². The molecule has 3 nitrogen and oxygen atoms in total. The molecular formula is C14H15NO2S. The first-order valence-electron chi connectivity index (χ1n) is 5.80. The van der Waals surface area contributed by atoms with E-state index in [4.69, 9.17) is 5.11 Å². The van der Waals surface area contributed by atoms with E-state index in [0.717, 1.165) is 16.3 Å². The molecule has 0 aliphatic heterocycles. The molecule has 0 bridgehead atoms. The van der Waals surface area contributed by atoms with Crippen molar-refractivity contribution in [2.75, 3.05) is 0 Å². The molecule has 1 heterocycles. The molecule has 0 unspecified atom stereocenters. The first-order valence-corrected chi connectivity index (χ1v) is 6.68. The van der Waals surface area contributed by atoms with Crippen molar-refractivity contribution in [2.24, 2.45) is 0 Å². The van der Waals surface area contributed by atoms with Crippen molar-refractivity contribution in [1.82, 2.24) is 4.98 Å². The van der Waals surface area contributed by atoms with E-state index in [-0.39, 0.29) is 6.42 Å². The van der Waals surface area contributed by atoms with Crippen LogP contribution in [0.1, 0.15) is 23.2 Å². The fourth-order valence-electron chi connectivity index (χ4n) is 1.66. The van der Waals surface area contributed by atoms with E-state index >= 15 is 0 Å². The number of benzene rings is 1. The Bertz CT molecular complexity index is 575. The molecule has 0 aliphatic carbocycles. The second kappa shape index (κ2) is 5.31. The Kier molecular flexibility index (Phi) is 3.77. The van der Waals surface area contributed by atoms with Gasteiger partial charge in [-0.1, -0.05) is 12.1 Å². The van der Waals surface area contributed by atoms with Gasteiger partial charge in [0.1, 0.15) is 5.01 Å². The maximum absolute atomic E-state index is 10.5. The number of thiazole rings is 1. The smallest absolute Gasteiger partial charge is 0.303 e. The average Bonchev–Trinajstić information content (AvgIpc) is 2.79. The fourth-order valence-corrected chi connectivity index (χ4v) is 2.52. The molecule has 0 radical (unpaired) electrons. The van der Waals surface area contributed by atoms with Gasteiger partial charge in [0.15, 0.2) is 0 Å².